The smallest absolute Gasteiger partial charge is 0.0622 e. The van der Waals surface area contributed by atoms with Gasteiger partial charge in [0.25, 0.3) is 0 Å². The van der Waals surface area contributed by atoms with E-state index in [-0.39, 0.29) is 29.7 Å². The maximum Gasteiger partial charge on any atom is 0.0629 e. The summed E-state index contributed by atoms with van der Waals surface area (Å²) in [6.45, 7) is 13.8. The zero-order valence-corrected chi connectivity index (χ0v) is 34.6. The molecule has 0 aliphatic heterocycles. The second kappa shape index (κ2) is 14.7. The maximum atomic E-state index is 9.02. The fraction of sp³-hybridized carbons (Fsp3) is 0.153. The van der Waals surface area contributed by atoms with E-state index in [0.717, 1.165) is 49.0 Å². The molecule has 59 heavy (non-hydrogen) atoms. The molecule has 10 aromatic carbocycles. The molecule has 0 heteroatoms. The molecule has 0 radical (unpaired) electrons. The molecule has 0 aliphatic rings. The fourth-order valence-electron chi connectivity index (χ4n) is 9.60. The first kappa shape index (κ1) is 31.5. The lowest BCUT2D eigenvalue weighted by Crippen LogP contribution is -2.03. The Bertz CT molecular complexity index is 3420. The molecule has 0 N–H and O–H groups in total. The molecular weight excluding hydrogens is 709 g/mol. The molecule has 0 aromatic heterocycles. The minimum absolute atomic E-state index is 0.205. The average Bonchev–Trinajstić information content (AvgIpc) is 3.31. The van der Waals surface area contributed by atoms with E-state index >= 15 is 0 Å². The van der Waals surface area contributed by atoms with E-state index in [0.29, 0.717) is 23.3 Å². The Morgan fingerprint density at radius 1 is 0.339 bits per heavy atom. The van der Waals surface area contributed by atoms with Crippen LogP contribution in [0.5, 0.6) is 0 Å². The maximum absolute atomic E-state index is 9.02. The summed E-state index contributed by atoms with van der Waals surface area (Å²) in [5.74, 6) is 1.19. The summed E-state index contributed by atoms with van der Waals surface area (Å²) in [5.41, 5.74) is 12.1. The summed E-state index contributed by atoms with van der Waals surface area (Å²) in [6, 6.07) is 51.0. The zero-order chi connectivity index (χ0) is 44.7. The van der Waals surface area contributed by atoms with Crippen molar-refractivity contribution in [3.63, 3.8) is 0 Å². The van der Waals surface area contributed by atoms with Gasteiger partial charge in [-0.3, -0.25) is 0 Å². The molecule has 0 unspecified atom stereocenters. The van der Waals surface area contributed by atoms with Gasteiger partial charge in [-0.2, -0.15) is 0 Å². The standard InChI is InChI=1S/C59H50/c1-36(2)41-33-54(37(3)4)58(55(34-41)38(5)6)40-28-29-43-42(32-40)35-56(47-23-13-10-20-44(43)47)48-30-31-53(46-22-12-11-21-45(46)48)59-51-26-16-14-24-49(51)57(39-18-8-7-9-19-39)50-25-15-17-27-52(50)59/h7-38H,1-6H3/i7D,8D,9D,18D,19D. The number of rotatable bonds is 7. The van der Waals surface area contributed by atoms with Gasteiger partial charge in [0.05, 0.1) is 6.85 Å². The summed E-state index contributed by atoms with van der Waals surface area (Å²) in [6.07, 6.45) is 0. The lowest BCUT2D eigenvalue weighted by molar-refractivity contribution is 0.807. The third-order valence-corrected chi connectivity index (χ3v) is 12.4. The van der Waals surface area contributed by atoms with Gasteiger partial charge in [-0.15, -0.1) is 0 Å². The number of hydrogen-bond donors (Lipinski definition) is 0. The molecule has 0 aliphatic carbocycles. The SMILES string of the molecule is [2H]c1c([2H])c([2H])c(-c2c3ccccc3c(-c3ccc(-c4cc5cc(-c6c(C(C)C)cc(C(C)C)cc6C(C)C)ccc5c5ccccc45)c4ccccc34)c3ccccc23)c([2H])c1[2H]. The molecule has 0 fully saturated rings. The first-order valence-corrected chi connectivity index (χ1v) is 21.0. The summed E-state index contributed by atoms with van der Waals surface area (Å²) < 4.78 is 43.5. The van der Waals surface area contributed by atoms with Gasteiger partial charge in [0, 0.05) is 0 Å². The molecule has 0 heterocycles. The highest BCUT2D eigenvalue weighted by Gasteiger charge is 2.22. The van der Waals surface area contributed by atoms with Crippen LogP contribution in [0.15, 0.2) is 176 Å². The summed E-state index contributed by atoms with van der Waals surface area (Å²) >= 11 is 0. The first-order valence-electron chi connectivity index (χ1n) is 23.5. The molecule has 0 amide bonds. The van der Waals surface area contributed by atoms with Gasteiger partial charge in [-0.05, 0) is 145 Å². The van der Waals surface area contributed by atoms with Gasteiger partial charge in [0.1, 0.15) is 0 Å². The van der Waals surface area contributed by atoms with E-state index in [1.807, 2.05) is 36.4 Å². The Labute approximate surface area is 355 Å². The van der Waals surface area contributed by atoms with Gasteiger partial charge in [-0.1, -0.05) is 205 Å². The summed E-state index contributed by atoms with van der Waals surface area (Å²) in [5, 5.41) is 10.7. The van der Waals surface area contributed by atoms with Gasteiger partial charge >= 0.3 is 0 Å². The van der Waals surface area contributed by atoms with Crippen LogP contribution in [0.4, 0.5) is 0 Å². The largest absolute Gasteiger partial charge is 0.0629 e. The van der Waals surface area contributed by atoms with E-state index in [2.05, 4.69) is 151 Å². The van der Waals surface area contributed by atoms with Crippen LogP contribution in [0.2, 0.25) is 0 Å². The van der Waals surface area contributed by atoms with E-state index in [4.69, 9.17) is 6.85 Å². The minimum Gasteiger partial charge on any atom is -0.0622 e. The predicted molar refractivity (Wildman–Crippen MR) is 258 cm³/mol. The van der Waals surface area contributed by atoms with Crippen molar-refractivity contribution in [3.8, 4) is 44.5 Å². The fourth-order valence-corrected chi connectivity index (χ4v) is 9.60. The monoisotopic (exact) mass is 763 g/mol. The predicted octanol–water partition coefficient (Wildman–Crippen LogP) is 17.5. The van der Waals surface area contributed by atoms with Crippen LogP contribution in [0, 0.1) is 0 Å². The molecular formula is C59H50. The molecule has 0 nitrogen and oxygen atoms in total. The number of hydrogen-bond acceptors (Lipinski definition) is 0. The third-order valence-electron chi connectivity index (χ3n) is 12.4. The van der Waals surface area contributed by atoms with Crippen LogP contribution < -0.4 is 0 Å². The van der Waals surface area contributed by atoms with Crippen LogP contribution in [-0.2, 0) is 0 Å². The van der Waals surface area contributed by atoms with Crippen molar-refractivity contribution >= 4 is 53.9 Å². The molecule has 10 aromatic rings. The van der Waals surface area contributed by atoms with Crippen LogP contribution in [-0.4, -0.2) is 0 Å². The highest BCUT2D eigenvalue weighted by atomic mass is 14.3. The molecule has 286 valence electrons. The van der Waals surface area contributed by atoms with Crippen molar-refractivity contribution in [1.29, 1.82) is 0 Å². The van der Waals surface area contributed by atoms with Gasteiger partial charge < -0.3 is 0 Å². The quantitative estimate of drug-likeness (QED) is 0.112. The topological polar surface area (TPSA) is 0 Å². The Hall–Kier alpha value is -6.50. The Kier molecular flexibility index (Phi) is 7.85. The second-order valence-corrected chi connectivity index (χ2v) is 17.0. The van der Waals surface area contributed by atoms with E-state index in [9.17, 15) is 0 Å². The summed E-state index contributed by atoms with van der Waals surface area (Å²) in [7, 11) is 0. The minimum atomic E-state index is -0.396. The molecule has 0 bridgehead atoms. The van der Waals surface area contributed by atoms with Crippen molar-refractivity contribution in [2.75, 3.05) is 0 Å². The zero-order valence-electron chi connectivity index (χ0n) is 39.6. The lowest BCUT2D eigenvalue weighted by atomic mass is 9.81. The normalized spacial score (nSPS) is 13.2. The van der Waals surface area contributed by atoms with E-state index in [1.165, 1.54) is 54.9 Å². The van der Waals surface area contributed by atoms with Crippen LogP contribution >= 0.6 is 0 Å². The van der Waals surface area contributed by atoms with E-state index < -0.39 is 6.04 Å². The first-order chi connectivity index (χ1) is 30.8. The van der Waals surface area contributed by atoms with Crippen LogP contribution in [0.3, 0.4) is 0 Å². The second-order valence-electron chi connectivity index (χ2n) is 17.0. The van der Waals surface area contributed by atoms with E-state index in [1.54, 1.807) is 0 Å². The Morgan fingerprint density at radius 3 is 1.36 bits per heavy atom. The number of fused-ring (bicyclic) bond motifs is 6. The Balaban J connectivity index is 1.23. The molecule has 10 rings (SSSR count). The van der Waals surface area contributed by atoms with Crippen LogP contribution in [0.25, 0.3) is 98.4 Å². The third kappa shape index (κ3) is 6.13. The van der Waals surface area contributed by atoms with Crippen molar-refractivity contribution < 1.29 is 6.85 Å². The number of benzene rings is 10. The van der Waals surface area contributed by atoms with Crippen molar-refractivity contribution in [2.45, 2.75) is 59.3 Å². The van der Waals surface area contributed by atoms with Crippen LogP contribution in [0.1, 0.15) is 82.8 Å². The molecule has 0 saturated heterocycles. The highest BCUT2D eigenvalue weighted by molar-refractivity contribution is 6.25. The molecule has 0 atom stereocenters. The molecule has 0 spiro atoms. The Morgan fingerprint density at radius 2 is 0.814 bits per heavy atom. The highest BCUT2D eigenvalue weighted by Crippen LogP contribution is 2.48. The van der Waals surface area contributed by atoms with Gasteiger partial charge in [0.15, 0.2) is 0 Å². The van der Waals surface area contributed by atoms with Gasteiger partial charge in [-0.25, -0.2) is 0 Å². The van der Waals surface area contributed by atoms with Gasteiger partial charge in [0.2, 0.25) is 0 Å². The average molecular weight is 764 g/mol. The summed E-state index contributed by atoms with van der Waals surface area (Å²) in [4.78, 5) is 0. The van der Waals surface area contributed by atoms with Crippen molar-refractivity contribution in [3.05, 3.63) is 192 Å². The van der Waals surface area contributed by atoms with Crippen molar-refractivity contribution in [1.82, 2.24) is 0 Å². The van der Waals surface area contributed by atoms with Crippen molar-refractivity contribution in [2.24, 2.45) is 0 Å². The molecule has 0 saturated carbocycles. The lowest BCUT2D eigenvalue weighted by Gasteiger charge is -2.24.